The normalized spacial score (nSPS) is 11.1. The summed E-state index contributed by atoms with van der Waals surface area (Å²) in [5.74, 6) is -1.33. The predicted octanol–water partition coefficient (Wildman–Crippen LogP) is 3.65. The van der Waals surface area contributed by atoms with Gasteiger partial charge in [-0.2, -0.15) is 5.10 Å². The number of ether oxygens (including phenoxy) is 1. The van der Waals surface area contributed by atoms with Crippen LogP contribution in [0.15, 0.2) is 60.9 Å². The smallest absolute Gasteiger partial charge is 0.160 e. The Labute approximate surface area is 161 Å². The third-order valence-corrected chi connectivity index (χ3v) is 3.96. The number of para-hydroxylation sites is 1. The number of aromatic nitrogens is 2. The Morgan fingerprint density at radius 2 is 1.93 bits per heavy atom. The van der Waals surface area contributed by atoms with Gasteiger partial charge in [0.1, 0.15) is 24.0 Å². The molecule has 3 aromatic rings. The first-order valence-electron chi connectivity index (χ1n) is 8.65. The van der Waals surface area contributed by atoms with Crippen LogP contribution in [0.1, 0.15) is 11.1 Å². The van der Waals surface area contributed by atoms with Gasteiger partial charge in [-0.15, -0.1) is 0 Å². The summed E-state index contributed by atoms with van der Waals surface area (Å²) in [5.41, 5.74) is 7.98. The molecule has 2 aromatic carbocycles. The van der Waals surface area contributed by atoms with E-state index in [-0.39, 0.29) is 24.6 Å². The zero-order valence-electron chi connectivity index (χ0n) is 15.0. The zero-order valence-corrected chi connectivity index (χ0v) is 15.0. The van der Waals surface area contributed by atoms with Crippen molar-refractivity contribution in [1.82, 2.24) is 9.78 Å². The number of halogens is 2. The fourth-order valence-electron chi connectivity index (χ4n) is 2.59. The van der Waals surface area contributed by atoms with Gasteiger partial charge in [0, 0.05) is 42.1 Å². The number of carbonyl (C=O) groups excluding carboxylic acids is 1. The highest BCUT2D eigenvalue weighted by atomic mass is 19.1. The Bertz CT molecular complexity index is 979. The average molecular weight is 383 g/mol. The first-order chi connectivity index (χ1) is 13.5. The van der Waals surface area contributed by atoms with Crippen LogP contribution in [0.3, 0.4) is 0 Å². The van der Waals surface area contributed by atoms with Gasteiger partial charge >= 0.3 is 0 Å². The van der Waals surface area contributed by atoms with Crippen LogP contribution in [0.4, 0.5) is 14.5 Å². The van der Waals surface area contributed by atoms with Gasteiger partial charge in [0.25, 0.3) is 0 Å². The lowest BCUT2D eigenvalue weighted by Crippen LogP contribution is -2.08. The number of rotatable bonds is 8. The standard InChI is InChI=1S/C21H19F2N3O2/c22-17-10-18(23)12-20(11-17)28-8-7-26-14-15(13-25-26)5-6-19(27)9-16-3-1-2-4-21(16)24/h1-6,10-14H,7-9,24H2/b6-5+. The van der Waals surface area contributed by atoms with Crippen molar-refractivity contribution < 1.29 is 18.3 Å². The lowest BCUT2D eigenvalue weighted by atomic mass is 10.1. The Morgan fingerprint density at radius 3 is 2.68 bits per heavy atom. The number of hydrogen-bond acceptors (Lipinski definition) is 4. The second kappa shape index (κ2) is 8.94. The van der Waals surface area contributed by atoms with Crippen LogP contribution in [0.2, 0.25) is 0 Å². The Kier molecular flexibility index (Phi) is 6.16. The molecule has 28 heavy (non-hydrogen) atoms. The minimum absolute atomic E-state index is 0.0675. The molecule has 1 aromatic heterocycles. The van der Waals surface area contributed by atoms with Gasteiger partial charge in [-0.05, 0) is 23.8 Å². The van der Waals surface area contributed by atoms with Gasteiger partial charge in [0.05, 0.1) is 12.7 Å². The minimum Gasteiger partial charge on any atom is -0.491 e. The molecule has 0 unspecified atom stereocenters. The summed E-state index contributed by atoms with van der Waals surface area (Å²) in [5, 5.41) is 4.16. The molecule has 0 amide bonds. The zero-order chi connectivity index (χ0) is 19.9. The lowest BCUT2D eigenvalue weighted by Gasteiger charge is -2.06. The van der Waals surface area contributed by atoms with Crippen molar-refractivity contribution >= 4 is 17.5 Å². The maximum absolute atomic E-state index is 13.1. The topological polar surface area (TPSA) is 70.1 Å². The van der Waals surface area contributed by atoms with E-state index in [1.54, 1.807) is 29.2 Å². The van der Waals surface area contributed by atoms with Crippen molar-refractivity contribution in [2.75, 3.05) is 12.3 Å². The van der Waals surface area contributed by atoms with Crippen LogP contribution in [0, 0.1) is 11.6 Å². The molecule has 144 valence electrons. The number of benzene rings is 2. The molecule has 0 bridgehead atoms. The predicted molar refractivity (Wildman–Crippen MR) is 103 cm³/mol. The van der Waals surface area contributed by atoms with E-state index in [0.717, 1.165) is 29.3 Å². The van der Waals surface area contributed by atoms with Gasteiger partial charge in [0.15, 0.2) is 5.78 Å². The number of allylic oxidation sites excluding steroid dienone is 1. The van der Waals surface area contributed by atoms with Crippen molar-refractivity contribution in [3.8, 4) is 5.75 Å². The van der Waals surface area contributed by atoms with Crippen LogP contribution >= 0.6 is 0 Å². The fourth-order valence-corrected chi connectivity index (χ4v) is 2.59. The van der Waals surface area contributed by atoms with Gasteiger partial charge < -0.3 is 10.5 Å². The molecular formula is C21H19F2N3O2. The molecule has 5 nitrogen and oxygen atoms in total. The Balaban J connectivity index is 1.50. The van der Waals surface area contributed by atoms with Crippen molar-refractivity contribution in [2.24, 2.45) is 0 Å². The first-order valence-corrected chi connectivity index (χ1v) is 8.65. The molecule has 0 aliphatic heterocycles. The molecule has 0 aliphatic rings. The molecule has 0 aliphatic carbocycles. The van der Waals surface area contributed by atoms with Crippen molar-refractivity contribution in [1.29, 1.82) is 0 Å². The number of hydrogen-bond donors (Lipinski definition) is 1. The van der Waals surface area contributed by atoms with Gasteiger partial charge in [-0.1, -0.05) is 18.2 Å². The van der Waals surface area contributed by atoms with Crippen LogP contribution in [-0.4, -0.2) is 22.2 Å². The molecule has 0 saturated heterocycles. The Hall–Kier alpha value is -3.48. The van der Waals surface area contributed by atoms with E-state index >= 15 is 0 Å². The van der Waals surface area contributed by atoms with Crippen molar-refractivity contribution in [3.05, 3.63) is 83.7 Å². The SMILES string of the molecule is Nc1ccccc1CC(=O)/C=C/c1cnn(CCOc2cc(F)cc(F)c2)c1. The fraction of sp³-hybridized carbons (Fsp3) is 0.143. The number of ketones is 1. The summed E-state index contributed by atoms with van der Waals surface area (Å²) >= 11 is 0. The molecule has 7 heteroatoms. The summed E-state index contributed by atoms with van der Waals surface area (Å²) < 4.78 is 33.2. The molecule has 0 radical (unpaired) electrons. The highest BCUT2D eigenvalue weighted by molar-refractivity contribution is 5.95. The molecule has 3 rings (SSSR count). The van der Waals surface area contributed by atoms with Gasteiger partial charge in [-0.3, -0.25) is 9.48 Å². The number of anilines is 1. The van der Waals surface area contributed by atoms with E-state index in [9.17, 15) is 13.6 Å². The minimum atomic E-state index is -0.691. The summed E-state index contributed by atoms with van der Waals surface area (Å²) in [4.78, 5) is 12.1. The molecule has 0 spiro atoms. The van der Waals surface area contributed by atoms with Crippen LogP contribution in [-0.2, 0) is 17.8 Å². The highest BCUT2D eigenvalue weighted by Crippen LogP contribution is 2.15. The second-order valence-corrected chi connectivity index (χ2v) is 6.17. The van der Waals surface area contributed by atoms with E-state index < -0.39 is 11.6 Å². The van der Waals surface area contributed by atoms with E-state index in [4.69, 9.17) is 10.5 Å². The molecule has 0 atom stereocenters. The summed E-state index contributed by atoms with van der Waals surface area (Å²) in [6.45, 7) is 0.584. The molecule has 0 saturated carbocycles. The third kappa shape index (κ3) is 5.51. The Morgan fingerprint density at radius 1 is 1.18 bits per heavy atom. The van der Waals surface area contributed by atoms with E-state index in [1.807, 2.05) is 18.2 Å². The lowest BCUT2D eigenvalue weighted by molar-refractivity contribution is -0.113. The second-order valence-electron chi connectivity index (χ2n) is 6.17. The molecule has 1 heterocycles. The quantitative estimate of drug-likeness (QED) is 0.476. The number of nitrogens with two attached hydrogens (primary N) is 1. The summed E-state index contributed by atoms with van der Waals surface area (Å²) in [6.07, 6.45) is 6.75. The molecule has 2 N–H and O–H groups in total. The maximum Gasteiger partial charge on any atom is 0.160 e. The molecule has 0 fully saturated rings. The summed E-state index contributed by atoms with van der Waals surface area (Å²) in [6, 6.07) is 10.3. The number of carbonyl (C=O) groups is 1. The van der Waals surface area contributed by atoms with E-state index in [1.165, 1.54) is 6.08 Å². The summed E-state index contributed by atoms with van der Waals surface area (Å²) in [7, 11) is 0. The van der Waals surface area contributed by atoms with Gasteiger partial charge in [-0.25, -0.2) is 8.78 Å². The number of nitrogen functional groups attached to an aromatic ring is 1. The number of nitrogens with zero attached hydrogens (tertiary/aromatic N) is 2. The van der Waals surface area contributed by atoms with Crippen LogP contribution in [0.5, 0.6) is 5.75 Å². The van der Waals surface area contributed by atoms with Crippen LogP contribution < -0.4 is 10.5 Å². The van der Waals surface area contributed by atoms with Gasteiger partial charge in [0.2, 0.25) is 0 Å². The maximum atomic E-state index is 13.1. The third-order valence-electron chi connectivity index (χ3n) is 3.96. The van der Waals surface area contributed by atoms with E-state index in [0.29, 0.717) is 12.2 Å². The largest absolute Gasteiger partial charge is 0.491 e. The monoisotopic (exact) mass is 383 g/mol. The van der Waals surface area contributed by atoms with Crippen molar-refractivity contribution in [2.45, 2.75) is 13.0 Å². The average Bonchev–Trinajstić information content (AvgIpc) is 3.09. The van der Waals surface area contributed by atoms with E-state index in [2.05, 4.69) is 5.10 Å². The highest BCUT2D eigenvalue weighted by Gasteiger charge is 2.04. The molecular weight excluding hydrogens is 364 g/mol. The van der Waals surface area contributed by atoms with Crippen molar-refractivity contribution in [3.63, 3.8) is 0 Å². The first kappa shape index (κ1) is 19.3. The van der Waals surface area contributed by atoms with Crippen LogP contribution in [0.25, 0.3) is 6.08 Å².